The van der Waals surface area contributed by atoms with E-state index in [0.29, 0.717) is 11.4 Å². The zero-order valence-electron chi connectivity index (χ0n) is 12.2. The molecule has 110 valence electrons. The van der Waals surface area contributed by atoms with E-state index in [4.69, 9.17) is 5.84 Å². The van der Waals surface area contributed by atoms with Gasteiger partial charge in [-0.15, -0.1) is 0 Å². The standard InChI is InChI=1S/C14H22N4OS/c1-9(2)11-6-10(7-12(17-11)18-15)13(19)16-8-14(20-3)4-5-14/h6-7,9H,4-5,8,15H2,1-3H3,(H,16,19)(H,17,18). The molecule has 1 amide bonds. The summed E-state index contributed by atoms with van der Waals surface area (Å²) in [7, 11) is 0. The van der Waals surface area contributed by atoms with Gasteiger partial charge in [0.1, 0.15) is 5.82 Å². The van der Waals surface area contributed by atoms with Gasteiger partial charge < -0.3 is 10.7 Å². The Morgan fingerprint density at radius 3 is 2.70 bits per heavy atom. The maximum atomic E-state index is 12.3. The summed E-state index contributed by atoms with van der Waals surface area (Å²) in [5, 5.41) is 3.01. The number of hydrogen-bond donors (Lipinski definition) is 3. The van der Waals surface area contributed by atoms with Crippen molar-refractivity contribution in [1.29, 1.82) is 0 Å². The average molecular weight is 294 g/mol. The van der Waals surface area contributed by atoms with E-state index in [-0.39, 0.29) is 16.6 Å². The van der Waals surface area contributed by atoms with Gasteiger partial charge in [-0.25, -0.2) is 10.8 Å². The van der Waals surface area contributed by atoms with Crippen molar-refractivity contribution in [2.75, 3.05) is 18.2 Å². The van der Waals surface area contributed by atoms with Gasteiger partial charge in [0.05, 0.1) is 0 Å². The third kappa shape index (κ3) is 3.43. The van der Waals surface area contributed by atoms with Crippen LogP contribution in [-0.2, 0) is 0 Å². The fourth-order valence-corrected chi connectivity index (χ4v) is 2.72. The molecule has 0 bridgehead atoms. The molecule has 0 radical (unpaired) electrons. The van der Waals surface area contributed by atoms with Crippen molar-refractivity contribution in [3.8, 4) is 0 Å². The zero-order chi connectivity index (χ0) is 14.8. The van der Waals surface area contributed by atoms with E-state index in [0.717, 1.165) is 12.2 Å². The molecule has 1 aliphatic rings. The number of hydrogen-bond acceptors (Lipinski definition) is 5. The van der Waals surface area contributed by atoms with Gasteiger partial charge in [0.2, 0.25) is 0 Å². The first-order valence-electron chi connectivity index (χ1n) is 6.81. The number of nitrogens with zero attached hydrogens (tertiary/aromatic N) is 1. The van der Waals surface area contributed by atoms with Crippen LogP contribution in [0.4, 0.5) is 5.82 Å². The SMILES string of the molecule is CSC1(CNC(=O)c2cc(NN)nc(C(C)C)c2)CC1. The Morgan fingerprint density at radius 2 is 2.20 bits per heavy atom. The molecular weight excluding hydrogens is 272 g/mol. The van der Waals surface area contributed by atoms with E-state index in [1.807, 2.05) is 31.7 Å². The van der Waals surface area contributed by atoms with E-state index in [1.54, 1.807) is 6.07 Å². The molecule has 0 atom stereocenters. The highest BCUT2D eigenvalue weighted by Gasteiger charge is 2.41. The molecule has 4 N–H and O–H groups in total. The van der Waals surface area contributed by atoms with E-state index >= 15 is 0 Å². The lowest BCUT2D eigenvalue weighted by atomic mass is 10.1. The number of aromatic nitrogens is 1. The monoisotopic (exact) mass is 294 g/mol. The molecule has 2 rings (SSSR count). The molecule has 1 aromatic rings. The highest BCUT2D eigenvalue weighted by molar-refractivity contribution is 8.00. The number of thioether (sulfide) groups is 1. The molecule has 1 heterocycles. The minimum absolute atomic E-state index is 0.0638. The molecule has 1 fully saturated rings. The van der Waals surface area contributed by atoms with Gasteiger partial charge in [-0.2, -0.15) is 11.8 Å². The number of pyridine rings is 1. The summed E-state index contributed by atoms with van der Waals surface area (Å²) in [6.07, 6.45) is 4.45. The van der Waals surface area contributed by atoms with Gasteiger partial charge >= 0.3 is 0 Å². The lowest BCUT2D eigenvalue weighted by molar-refractivity contribution is 0.0953. The quantitative estimate of drug-likeness (QED) is 0.553. The number of anilines is 1. The van der Waals surface area contributed by atoms with Crippen molar-refractivity contribution in [2.45, 2.75) is 37.4 Å². The maximum Gasteiger partial charge on any atom is 0.251 e. The van der Waals surface area contributed by atoms with Crippen LogP contribution in [0, 0.1) is 0 Å². The number of nitrogens with one attached hydrogen (secondary N) is 2. The Kier molecular flexibility index (Phi) is 4.55. The Balaban J connectivity index is 2.10. The number of carbonyl (C=O) groups excluding carboxylic acids is 1. The average Bonchev–Trinajstić information content (AvgIpc) is 3.24. The summed E-state index contributed by atoms with van der Waals surface area (Å²) in [6.45, 7) is 4.80. The minimum Gasteiger partial charge on any atom is -0.351 e. The smallest absolute Gasteiger partial charge is 0.251 e. The summed E-state index contributed by atoms with van der Waals surface area (Å²) in [5.41, 5.74) is 3.98. The largest absolute Gasteiger partial charge is 0.351 e. The highest BCUT2D eigenvalue weighted by atomic mass is 32.2. The number of carbonyl (C=O) groups is 1. The lowest BCUT2D eigenvalue weighted by Crippen LogP contribution is -2.32. The molecule has 1 aliphatic carbocycles. The van der Waals surface area contributed by atoms with E-state index in [1.165, 1.54) is 12.8 Å². The molecule has 20 heavy (non-hydrogen) atoms. The van der Waals surface area contributed by atoms with Crippen molar-refractivity contribution in [2.24, 2.45) is 5.84 Å². The van der Waals surface area contributed by atoms with Crippen molar-refractivity contribution in [3.63, 3.8) is 0 Å². The second kappa shape index (κ2) is 6.01. The van der Waals surface area contributed by atoms with Crippen LogP contribution >= 0.6 is 11.8 Å². The Morgan fingerprint density at radius 1 is 1.50 bits per heavy atom. The molecule has 6 heteroatoms. The van der Waals surface area contributed by atoms with Crippen molar-refractivity contribution in [3.05, 3.63) is 23.4 Å². The molecule has 0 unspecified atom stereocenters. The molecule has 1 saturated carbocycles. The third-order valence-corrected chi connectivity index (χ3v) is 5.08. The highest BCUT2D eigenvalue weighted by Crippen LogP contribution is 2.46. The van der Waals surface area contributed by atoms with Crippen LogP contribution < -0.4 is 16.6 Å². The summed E-state index contributed by atoms with van der Waals surface area (Å²) >= 11 is 1.83. The van der Waals surface area contributed by atoms with Gasteiger partial charge in [-0.05, 0) is 37.1 Å². The summed E-state index contributed by atoms with van der Waals surface area (Å²) in [6, 6.07) is 3.51. The summed E-state index contributed by atoms with van der Waals surface area (Å²) in [5.74, 6) is 6.12. The Hall–Kier alpha value is -1.27. The normalized spacial score (nSPS) is 16.1. The van der Waals surface area contributed by atoms with Crippen molar-refractivity contribution in [1.82, 2.24) is 10.3 Å². The number of hydrazine groups is 1. The minimum atomic E-state index is -0.0638. The van der Waals surface area contributed by atoms with Crippen LogP contribution in [-0.4, -0.2) is 28.4 Å². The maximum absolute atomic E-state index is 12.3. The molecule has 0 aromatic carbocycles. The van der Waals surface area contributed by atoms with Gasteiger partial charge in [-0.3, -0.25) is 4.79 Å². The fourth-order valence-electron chi connectivity index (χ4n) is 1.99. The Bertz CT molecular complexity index is 500. The molecule has 5 nitrogen and oxygen atoms in total. The molecule has 1 aromatic heterocycles. The topological polar surface area (TPSA) is 80.0 Å². The zero-order valence-corrected chi connectivity index (χ0v) is 13.0. The third-order valence-electron chi connectivity index (χ3n) is 3.66. The van der Waals surface area contributed by atoms with Crippen molar-refractivity contribution >= 4 is 23.5 Å². The summed E-state index contributed by atoms with van der Waals surface area (Å²) < 4.78 is 0.262. The number of rotatable bonds is 6. The van der Waals surface area contributed by atoms with Crippen LogP contribution in [0.25, 0.3) is 0 Å². The lowest BCUT2D eigenvalue weighted by Gasteiger charge is -2.14. The number of amides is 1. The first-order valence-corrected chi connectivity index (χ1v) is 8.04. The van der Waals surface area contributed by atoms with E-state index < -0.39 is 0 Å². The van der Waals surface area contributed by atoms with Crippen LogP contribution in [0.5, 0.6) is 0 Å². The molecular formula is C14H22N4OS. The predicted octanol–water partition coefficient (Wildman–Crippen LogP) is 2.12. The van der Waals surface area contributed by atoms with Crippen LogP contribution in [0.3, 0.4) is 0 Å². The van der Waals surface area contributed by atoms with Crippen LogP contribution in [0.15, 0.2) is 12.1 Å². The predicted molar refractivity (Wildman–Crippen MR) is 83.9 cm³/mol. The van der Waals surface area contributed by atoms with E-state index in [2.05, 4.69) is 22.0 Å². The number of nitrogens with two attached hydrogens (primary N) is 1. The summed E-state index contributed by atoms with van der Waals surface area (Å²) in [4.78, 5) is 16.6. The van der Waals surface area contributed by atoms with Gasteiger partial charge in [-0.1, -0.05) is 13.8 Å². The van der Waals surface area contributed by atoms with Gasteiger partial charge in [0.15, 0.2) is 0 Å². The first kappa shape index (κ1) is 15.1. The first-order chi connectivity index (χ1) is 9.49. The molecule has 0 spiro atoms. The second-order valence-corrected chi connectivity index (χ2v) is 6.81. The van der Waals surface area contributed by atoms with Crippen molar-refractivity contribution < 1.29 is 4.79 Å². The van der Waals surface area contributed by atoms with Crippen LogP contribution in [0.1, 0.15) is 48.7 Å². The number of nitrogen functional groups attached to an aromatic ring is 1. The Labute approximate surface area is 124 Å². The van der Waals surface area contributed by atoms with Crippen LogP contribution in [0.2, 0.25) is 0 Å². The molecule has 0 saturated heterocycles. The fraction of sp³-hybridized carbons (Fsp3) is 0.571. The van der Waals surface area contributed by atoms with Gasteiger partial charge in [0, 0.05) is 22.5 Å². The van der Waals surface area contributed by atoms with E-state index in [9.17, 15) is 4.79 Å². The van der Waals surface area contributed by atoms with Gasteiger partial charge in [0.25, 0.3) is 5.91 Å². The molecule has 0 aliphatic heterocycles. The second-order valence-electron chi connectivity index (χ2n) is 5.53.